The predicted molar refractivity (Wildman–Crippen MR) is 58.4 cm³/mol. The number of likely N-dealkylation sites (N-methyl/N-ethyl adjacent to an activating group) is 1. The molecule has 0 bridgehead atoms. The Morgan fingerprint density at radius 3 is 2.60 bits per heavy atom. The van der Waals surface area contributed by atoms with Crippen molar-refractivity contribution in [3.8, 4) is 5.75 Å². The lowest BCUT2D eigenvalue weighted by Crippen LogP contribution is -2.26. The van der Waals surface area contributed by atoms with Crippen molar-refractivity contribution in [2.45, 2.75) is 6.04 Å². The highest BCUT2D eigenvalue weighted by Crippen LogP contribution is 2.20. The molecule has 1 aromatic carbocycles. The van der Waals surface area contributed by atoms with Gasteiger partial charge in [-0.3, -0.25) is 0 Å². The van der Waals surface area contributed by atoms with E-state index in [2.05, 4.69) is 0 Å². The topological polar surface area (TPSA) is 38.5 Å². The Morgan fingerprint density at radius 2 is 2.07 bits per heavy atom. The van der Waals surface area contributed by atoms with Crippen LogP contribution in [-0.2, 0) is 0 Å². The highest BCUT2D eigenvalue weighted by atomic mass is 19.1. The summed E-state index contributed by atoms with van der Waals surface area (Å²) in [5.74, 6) is 0.178. The molecule has 0 amide bonds. The summed E-state index contributed by atoms with van der Waals surface area (Å²) in [7, 11) is 5.36. The van der Waals surface area contributed by atoms with Crippen LogP contribution in [0.5, 0.6) is 5.75 Å². The van der Waals surface area contributed by atoms with Crippen LogP contribution in [0.2, 0.25) is 0 Å². The first kappa shape index (κ1) is 11.9. The summed E-state index contributed by atoms with van der Waals surface area (Å²) in [6, 6.07) is 4.34. The minimum Gasteiger partial charge on any atom is -0.497 e. The van der Waals surface area contributed by atoms with E-state index in [4.69, 9.17) is 10.5 Å². The van der Waals surface area contributed by atoms with Crippen molar-refractivity contribution in [2.24, 2.45) is 5.73 Å². The molecule has 0 aliphatic heterocycles. The lowest BCUT2D eigenvalue weighted by atomic mass is 10.1. The van der Waals surface area contributed by atoms with Gasteiger partial charge < -0.3 is 15.4 Å². The van der Waals surface area contributed by atoms with Gasteiger partial charge in [-0.05, 0) is 31.8 Å². The van der Waals surface area contributed by atoms with Gasteiger partial charge in [0.15, 0.2) is 0 Å². The van der Waals surface area contributed by atoms with Crippen molar-refractivity contribution >= 4 is 0 Å². The second kappa shape index (κ2) is 5.09. The maximum atomic E-state index is 13.2. The summed E-state index contributed by atoms with van der Waals surface area (Å²) in [5, 5.41) is 0. The van der Waals surface area contributed by atoms with E-state index in [1.54, 1.807) is 6.07 Å². The van der Waals surface area contributed by atoms with E-state index in [-0.39, 0.29) is 11.9 Å². The zero-order valence-electron chi connectivity index (χ0n) is 9.33. The number of benzene rings is 1. The van der Waals surface area contributed by atoms with E-state index in [9.17, 15) is 4.39 Å². The minimum absolute atomic E-state index is 0.204. The van der Waals surface area contributed by atoms with E-state index in [0.29, 0.717) is 12.3 Å². The van der Waals surface area contributed by atoms with Crippen LogP contribution >= 0.6 is 0 Å². The average molecular weight is 212 g/mol. The number of ether oxygens (including phenoxy) is 1. The van der Waals surface area contributed by atoms with Crippen molar-refractivity contribution < 1.29 is 9.13 Å². The van der Waals surface area contributed by atoms with Crippen LogP contribution in [0.4, 0.5) is 4.39 Å². The van der Waals surface area contributed by atoms with E-state index in [0.717, 1.165) is 5.56 Å². The molecular formula is C11H17FN2O. The van der Waals surface area contributed by atoms with E-state index < -0.39 is 0 Å². The van der Waals surface area contributed by atoms with Crippen LogP contribution in [-0.4, -0.2) is 32.6 Å². The standard InChI is InChI=1S/C11H17FN2O/c1-14(2)7-11(13)8-4-9(12)6-10(5-8)15-3/h4-6,11H,7,13H2,1-3H3. The fourth-order valence-electron chi connectivity index (χ4n) is 1.42. The molecule has 1 rings (SSSR count). The van der Waals surface area contributed by atoms with Gasteiger partial charge in [0, 0.05) is 18.7 Å². The molecule has 0 saturated heterocycles. The lowest BCUT2D eigenvalue weighted by Gasteiger charge is -2.17. The smallest absolute Gasteiger partial charge is 0.127 e. The van der Waals surface area contributed by atoms with Crippen LogP contribution in [0, 0.1) is 5.82 Å². The second-order valence-electron chi connectivity index (χ2n) is 3.79. The molecule has 1 aromatic rings. The van der Waals surface area contributed by atoms with Crippen LogP contribution in [0.3, 0.4) is 0 Å². The minimum atomic E-state index is -0.321. The first-order chi connectivity index (χ1) is 7.02. The highest BCUT2D eigenvalue weighted by molar-refractivity contribution is 5.31. The Balaban J connectivity index is 2.88. The Morgan fingerprint density at radius 1 is 1.40 bits per heavy atom. The molecule has 0 aliphatic rings. The molecule has 0 aliphatic carbocycles. The van der Waals surface area contributed by atoms with Gasteiger partial charge in [-0.2, -0.15) is 0 Å². The number of halogens is 1. The summed E-state index contributed by atoms with van der Waals surface area (Å²) in [6.45, 7) is 0.673. The number of nitrogens with zero attached hydrogens (tertiary/aromatic N) is 1. The van der Waals surface area contributed by atoms with Crippen molar-refractivity contribution in [3.63, 3.8) is 0 Å². The van der Waals surface area contributed by atoms with Crippen LogP contribution in [0.1, 0.15) is 11.6 Å². The monoisotopic (exact) mass is 212 g/mol. The first-order valence-electron chi connectivity index (χ1n) is 4.77. The molecule has 0 fully saturated rings. The molecule has 0 radical (unpaired) electrons. The molecule has 0 aromatic heterocycles. The third-order valence-corrected chi connectivity index (χ3v) is 2.12. The van der Waals surface area contributed by atoms with Crippen molar-refractivity contribution in [1.29, 1.82) is 0 Å². The van der Waals surface area contributed by atoms with Gasteiger partial charge >= 0.3 is 0 Å². The van der Waals surface area contributed by atoms with Gasteiger partial charge in [-0.25, -0.2) is 4.39 Å². The lowest BCUT2D eigenvalue weighted by molar-refractivity contribution is 0.373. The SMILES string of the molecule is COc1cc(F)cc(C(N)CN(C)C)c1. The molecule has 0 spiro atoms. The zero-order valence-corrected chi connectivity index (χ0v) is 9.33. The summed E-state index contributed by atoms with van der Waals surface area (Å²) in [4.78, 5) is 1.96. The molecule has 1 atom stereocenters. The Bertz CT molecular complexity index is 328. The third kappa shape index (κ3) is 3.49. The maximum absolute atomic E-state index is 13.2. The molecule has 1 unspecified atom stereocenters. The fourth-order valence-corrected chi connectivity index (χ4v) is 1.42. The number of methoxy groups -OCH3 is 1. The largest absolute Gasteiger partial charge is 0.497 e. The summed E-state index contributed by atoms with van der Waals surface area (Å²) < 4.78 is 18.1. The van der Waals surface area contributed by atoms with Crippen molar-refractivity contribution in [3.05, 3.63) is 29.6 Å². The quantitative estimate of drug-likeness (QED) is 0.819. The van der Waals surface area contributed by atoms with Gasteiger partial charge in [0.25, 0.3) is 0 Å². The van der Waals surface area contributed by atoms with E-state index in [1.807, 2.05) is 19.0 Å². The fraction of sp³-hybridized carbons (Fsp3) is 0.455. The van der Waals surface area contributed by atoms with Crippen LogP contribution < -0.4 is 10.5 Å². The molecule has 0 heterocycles. The Kier molecular flexibility index (Phi) is 4.05. The van der Waals surface area contributed by atoms with Gasteiger partial charge in [0.1, 0.15) is 11.6 Å². The van der Waals surface area contributed by atoms with Crippen molar-refractivity contribution in [1.82, 2.24) is 4.90 Å². The maximum Gasteiger partial charge on any atom is 0.127 e. The number of rotatable bonds is 4. The molecule has 4 heteroatoms. The number of nitrogens with two attached hydrogens (primary N) is 1. The van der Waals surface area contributed by atoms with Gasteiger partial charge in [-0.1, -0.05) is 0 Å². The predicted octanol–water partition coefficient (Wildman–Crippen LogP) is 1.40. The molecular weight excluding hydrogens is 195 g/mol. The normalized spacial score (nSPS) is 12.9. The number of hydrogen-bond donors (Lipinski definition) is 1. The van der Waals surface area contributed by atoms with Gasteiger partial charge in [0.2, 0.25) is 0 Å². The summed E-state index contributed by atoms with van der Waals surface area (Å²) in [6.07, 6.45) is 0. The number of hydrogen-bond acceptors (Lipinski definition) is 3. The van der Waals surface area contributed by atoms with E-state index in [1.165, 1.54) is 19.2 Å². The second-order valence-corrected chi connectivity index (χ2v) is 3.79. The van der Waals surface area contributed by atoms with Crippen LogP contribution in [0.15, 0.2) is 18.2 Å². The third-order valence-electron chi connectivity index (χ3n) is 2.12. The summed E-state index contributed by atoms with van der Waals surface area (Å²) >= 11 is 0. The van der Waals surface area contributed by atoms with Gasteiger partial charge in [0.05, 0.1) is 7.11 Å². The first-order valence-corrected chi connectivity index (χ1v) is 4.77. The molecule has 3 nitrogen and oxygen atoms in total. The van der Waals surface area contributed by atoms with Crippen molar-refractivity contribution in [2.75, 3.05) is 27.7 Å². The zero-order chi connectivity index (χ0) is 11.4. The summed E-state index contributed by atoms with van der Waals surface area (Å²) in [5.41, 5.74) is 6.68. The Hall–Kier alpha value is -1.13. The van der Waals surface area contributed by atoms with Gasteiger partial charge in [-0.15, -0.1) is 0 Å². The highest BCUT2D eigenvalue weighted by Gasteiger charge is 2.10. The average Bonchev–Trinajstić information content (AvgIpc) is 2.15. The molecule has 84 valence electrons. The molecule has 0 saturated carbocycles. The molecule has 2 N–H and O–H groups in total. The molecule has 15 heavy (non-hydrogen) atoms. The van der Waals surface area contributed by atoms with E-state index >= 15 is 0 Å². The Labute approximate surface area is 89.6 Å². The van der Waals surface area contributed by atoms with Crippen LogP contribution in [0.25, 0.3) is 0 Å².